The number of cyclic esters (lactones) is 1. The molecule has 1 heterocycles. The number of carbonyl (C=O) groups excluding carboxylic acids is 3. The lowest BCUT2D eigenvalue weighted by atomic mass is 9.84. The number of nitrogens with one attached hydrogen (secondary N) is 2. The molecule has 2 amide bonds. The lowest BCUT2D eigenvalue weighted by molar-refractivity contribution is -0.150. The van der Waals surface area contributed by atoms with Crippen LogP contribution in [-0.4, -0.2) is 47.7 Å². The number of amides is 2. The number of ether oxygens (including phenoxy) is 1. The minimum atomic E-state index is -0.558. The Bertz CT molecular complexity index is 966. The fraction of sp³-hybridized carbons (Fsp3) is 0.656. The Kier molecular flexibility index (Phi) is 11.0. The van der Waals surface area contributed by atoms with Gasteiger partial charge in [0.1, 0.15) is 6.61 Å². The van der Waals surface area contributed by atoms with Crippen LogP contribution < -0.4 is 10.6 Å². The molecule has 3 atom stereocenters. The predicted octanol–water partition coefficient (Wildman–Crippen LogP) is 4.62. The normalized spacial score (nSPS) is 26.6. The molecule has 1 aromatic carbocycles. The standard InChI is InChI=1S/C32H46N2O5/c35-23-32(17-9-10-18-32)34-29(36)21-26-15-7-8-16-27(19-24-11-3-1-4-12-24)31(38)39-22-28(33-30(26)37)20-25-13-5-2-6-14-25/h1,3-4,7-8,11-12,25-28,35H,2,5-6,9-10,13-23H2,(H,33,37)(H,34,36). The molecule has 4 rings (SSSR count). The molecule has 1 aromatic rings. The second kappa shape index (κ2) is 14.6. The van der Waals surface area contributed by atoms with Crippen LogP contribution in [0.5, 0.6) is 0 Å². The van der Waals surface area contributed by atoms with Gasteiger partial charge < -0.3 is 20.5 Å². The highest BCUT2D eigenvalue weighted by Gasteiger charge is 2.36. The summed E-state index contributed by atoms with van der Waals surface area (Å²) in [5, 5.41) is 16.1. The lowest BCUT2D eigenvalue weighted by Crippen LogP contribution is -2.50. The monoisotopic (exact) mass is 538 g/mol. The first-order chi connectivity index (χ1) is 19.0. The zero-order valence-electron chi connectivity index (χ0n) is 23.2. The molecule has 39 heavy (non-hydrogen) atoms. The molecule has 1 aliphatic heterocycles. The van der Waals surface area contributed by atoms with Crippen molar-refractivity contribution in [3.05, 3.63) is 48.0 Å². The molecule has 3 unspecified atom stereocenters. The van der Waals surface area contributed by atoms with Crippen molar-refractivity contribution < 1.29 is 24.2 Å². The van der Waals surface area contributed by atoms with Crippen LogP contribution in [-0.2, 0) is 25.5 Å². The summed E-state index contributed by atoms with van der Waals surface area (Å²) >= 11 is 0. The van der Waals surface area contributed by atoms with Crippen LogP contribution in [0.2, 0.25) is 0 Å². The molecule has 3 aliphatic rings. The Morgan fingerprint density at radius 3 is 2.36 bits per heavy atom. The fourth-order valence-electron chi connectivity index (χ4n) is 6.52. The number of hydrogen-bond acceptors (Lipinski definition) is 5. The topological polar surface area (TPSA) is 105 Å². The van der Waals surface area contributed by atoms with Crippen LogP contribution in [0.15, 0.2) is 42.5 Å². The van der Waals surface area contributed by atoms with E-state index in [2.05, 4.69) is 10.6 Å². The van der Waals surface area contributed by atoms with Gasteiger partial charge in [0.15, 0.2) is 0 Å². The van der Waals surface area contributed by atoms with Gasteiger partial charge in [-0.2, -0.15) is 0 Å². The maximum absolute atomic E-state index is 13.5. The molecule has 214 valence electrons. The van der Waals surface area contributed by atoms with Gasteiger partial charge in [0.05, 0.1) is 30.0 Å². The Balaban J connectivity index is 1.48. The van der Waals surface area contributed by atoms with Crippen molar-refractivity contribution in [2.45, 2.75) is 101 Å². The van der Waals surface area contributed by atoms with Crippen molar-refractivity contribution in [2.24, 2.45) is 17.8 Å². The molecule has 2 aliphatic carbocycles. The van der Waals surface area contributed by atoms with Crippen molar-refractivity contribution in [1.82, 2.24) is 10.6 Å². The van der Waals surface area contributed by atoms with Crippen molar-refractivity contribution >= 4 is 17.8 Å². The first-order valence-electron chi connectivity index (χ1n) is 15.0. The average Bonchev–Trinajstić information content (AvgIpc) is 3.41. The van der Waals surface area contributed by atoms with E-state index in [1.54, 1.807) is 0 Å². The molecule has 7 nitrogen and oxygen atoms in total. The third-order valence-corrected chi connectivity index (χ3v) is 8.85. The number of hydrogen-bond donors (Lipinski definition) is 3. The van der Waals surface area contributed by atoms with Gasteiger partial charge >= 0.3 is 5.97 Å². The highest BCUT2D eigenvalue weighted by atomic mass is 16.5. The van der Waals surface area contributed by atoms with Crippen molar-refractivity contribution in [2.75, 3.05) is 13.2 Å². The van der Waals surface area contributed by atoms with E-state index in [1.807, 2.05) is 42.5 Å². The van der Waals surface area contributed by atoms with E-state index in [4.69, 9.17) is 4.74 Å². The Morgan fingerprint density at radius 1 is 0.974 bits per heavy atom. The van der Waals surface area contributed by atoms with E-state index in [9.17, 15) is 19.5 Å². The maximum Gasteiger partial charge on any atom is 0.309 e. The van der Waals surface area contributed by atoms with Gasteiger partial charge in [-0.15, -0.1) is 0 Å². The van der Waals surface area contributed by atoms with Gasteiger partial charge in [0.2, 0.25) is 11.8 Å². The van der Waals surface area contributed by atoms with E-state index in [1.165, 1.54) is 19.3 Å². The Morgan fingerprint density at radius 2 is 1.67 bits per heavy atom. The lowest BCUT2D eigenvalue weighted by Gasteiger charge is -2.30. The number of benzene rings is 1. The summed E-state index contributed by atoms with van der Waals surface area (Å²) < 4.78 is 5.84. The quantitative estimate of drug-likeness (QED) is 0.331. The summed E-state index contributed by atoms with van der Waals surface area (Å²) in [5.41, 5.74) is 0.531. The summed E-state index contributed by atoms with van der Waals surface area (Å²) in [7, 11) is 0. The van der Waals surface area contributed by atoms with E-state index < -0.39 is 11.5 Å². The number of carbonyl (C=O) groups is 3. The van der Waals surface area contributed by atoms with Gasteiger partial charge in [-0.25, -0.2) is 0 Å². The molecule has 7 heteroatoms. The van der Waals surface area contributed by atoms with E-state index in [-0.39, 0.29) is 49.4 Å². The summed E-state index contributed by atoms with van der Waals surface area (Å²) in [6, 6.07) is 9.70. The van der Waals surface area contributed by atoms with Crippen molar-refractivity contribution in [3.63, 3.8) is 0 Å². The van der Waals surface area contributed by atoms with Crippen LogP contribution in [0.3, 0.4) is 0 Å². The number of rotatable bonds is 8. The zero-order valence-corrected chi connectivity index (χ0v) is 23.2. The smallest absolute Gasteiger partial charge is 0.309 e. The number of aliphatic hydroxyl groups excluding tert-OH is 1. The molecule has 3 N–H and O–H groups in total. The Labute approximate surface area is 233 Å². The highest BCUT2D eigenvalue weighted by molar-refractivity contribution is 5.86. The van der Waals surface area contributed by atoms with Gasteiger partial charge in [0.25, 0.3) is 0 Å². The number of esters is 1. The average molecular weight is 539 g/mol. The molecule has 0 aromatic heterocycles. The van der Waals surface area contributed by atoms with Crippen LogP contribution >= 0.6 is 0 Å². The van der Waals surface area contributed by atoms with E-state index in [0.717, 1.165) is 50.5 Å². The first kappa shape index (κ1) is 29.3. The second-order valence-electron chi connectivity index (χ2n) is 12.0. The molecule has 2 fully saturated rings. The third kappa shape index (κ3) is 8.92. The zero-order chi connectivity index (χ0) is 27.5. The highest BCUT2D eigenvalue weighted by Crippen LogP contribution is 2.30. The van der Waals surface area contributed by atoms with Crippen LogP contribution in [0, 0.1) is 17.8 Å². The van der Waals surface area contributed by atoms with Crippen molar-refractivity contribution in [3.8, 4) is 0 Å². The van der Waals surface area contributed by atoms with Crippen LogP contribution in [0.1, 0.15) is 89.0 Å². The molecule has 2 saturated carbocycles. The van der Waals surface area contributed by atoms with Crippen LogP contribution in [0.25, 0.3) is 0 Å². The molecule has 0 radical (unpaired) electrons. The van der Waals surface area contributed by atoms with Gasteiger partial charge in [-0.1, -0.05) is 87.4 Å². The minimum absolute atomic E-state index is 0.0707. The molecular formula is C32H46N2O5. The Hall–Kier alpha value is -2.67. The summed E-state index contributed by atoms with van der Waals surface area (Å²) in [5.74, 6) is -0.906. The van der Waals surface area contributed by atoms with E-state index in [0.29, 0.717) is 25.2 Å². The fourth-order valence-corrected chi connectivity index (χ4v) is 6.52. The second-order valence-corrected chi connectivity index (χ2v) is 12.0. The molecule has 0 saturated heterocycles. The largest absolute Gasteiger partial charge is 0.463 e. The van der Waals surface area contributed by atoms with E-state index >= 15 is 0 Å². The number of aliphatic hydroxyl groups is 1. The SMILES string of the molecule is O=C(CC1CC=CCC(Cc2ccccc2)C(=O)OCC(CC2CCCCC2)NC1=O)NC1(CO)CCCC1. The predicted molar refractivity (Wildman–Crippen MR) is 151 cm³/mol. The third-order valence-electron chi connectivity index (χ3n) is 8.85. The molecular weight excluding hydrogens is 492 g/mol. The van der Waals surface area contributed by atoms with Crippen molar-refractivity contribution in [1.29, 1.82) is 0 Å². The van der Waals surface area contributed by atoms with Gasteiger partial charge in [-0.05, 0) is 50.0 Å². The maximum atomic E-state index is 13.5. The summed E-state index contributed by atoms with van der Waals surface area (Å²) in [6.07, 6.45) is 15.7. The first-order valence-corrected chi connectivity index (χ1v) is 15.0. The summed E-state index contributed by atoms with van der Waals surface area (Å²) in [4.78, 5) is 39.7. The number of allylic oxidation sites excluding steroid dienone is 2. The summed E-state index contributed by atoms with van der Waals surface area (Å²) in [6.45, 7) is 0.0791. The van der Waals surface area contributed by atoms with Gasteiger partial charge in [-0.3, -0.25) is 14.4 Å². The molecule has 0 bridgehead atoms. The molecule has 0 spiro atoms. The van der Waals surface area contributed by atoms with Crippen LogP contribution in [0.4, 0.5) is 0 Å². The minimum Gasteiger partial charge on any atom is -0.463 e. The van der Waals surface area contributed by atoms with Gasteiger partial charge in [0, 0.05) is 6.42 Å².